The lowest BCUT2D eigenvalue weighted by atomic mass is 9.64. The Kier molecular flexibility index (Phi) is 8.23. The minimum absolute atomic E-state index is 0.494. The molecule has 0 N–H and O–H groups in total. The molecular weight excluding hydrogens is 216 g/mol. The zero-order valence-electron chi connectivity index (χ0n) is 14.3. The van der Waals surface area contributed by atoms with Crippen molar-refractivity contribution in [2.75, 3.05) is 0 Å². The molecule has 0 radical (unpaired) electrons. The maximum atomic E-state index is 2.51. The minimum atomic E-state index is 0.494. The maximum Gasteiger partial charge on any atom is -0.0321 e. The Morgan fingerprint density at radius 1 is 0.722 bits per heavy atom. The maximum absolute atomic E-state index is 2.51. The molecule has 0 aromatic heterocycles. The third kappa shape index (κ3) is 4.94. The van der Waals surface area contributed by atoms with Gasteiger partial charge in [0.2, 0.25) is 0 Å². The van der Waals surface area contributed by atoms with Crippen LogP contribution in [0.2, 0.25) is 0 Å². The van der Waals surface area contributed by atoms with Crippen LogP contribution in [-0.4, -0.2) is 0 Å². The van der Waals surface area contributed by atoms with Crippen molar-refractivity contribution < 1.29 is 0 Å². The van der Waals surface area contributed by atoms with E-state index >= 15 is 0 Å². The molecule has 0 spiro atoms. The molecule has 0 amide bonds. The Balaban J connectivity index is 4.77. The molecule has 110 valence electrons. The zero-order valence-corrected chi connectivity index (χ0v) is 14.3. The molecular formula is C18H38. The highest BCUT2D eigenvalue weighted by atomic mass is 14.4. The average molecular weight is 255 g/mol. The molecule has 4 atom stereocenters. The first-order valence-electron chi connectivity index (χ1n) is 8.33. The third-order valence-electron chi connectivity index (χ3n) is 5.54. The lowest BCUT2D eigenvalue weighted by molar-refractivity contribution is 0.0886. The van der Waals surface area contributed by atoms with E-state index in [2.05, 4.69) is 55.4 Å². The van der Waals surface area contributed by atoms with Crippen LogP contribution < -0.4 is 0 Å². The zero-order chi connectivity index (χ0) is 14.3. The van der Waals surface area contributed by atoms with E-state index in [4.69, 9.17) is 0 Å². The second-order valence-corrected chi connectivity index (χ2v) is 7.15. The molecule has 0 fully saturated rings. The molecule has 0 rings (SSSR count). The van der Waals surface area contributed by atoms with Gasteiger partial charge in [0, 0.05) is 0 Å². The number of hydrogen-bond acceptors (Lipinski definition) is 0. The van der Waals surface area contributed by atoms with Crippen LogP contribution in [0.1, 0.15) is 87.5 Å². The van der Waals surface area contributed by atoms with Crippen molar-refractivity contribution in [3.63, 3.8) is 0 Å². The van der Waals surface area contributed by atoms with Crippen LogP contribution in [0, 0.1) is 29.1 Å². The van der Waals surface area contributed by atoms with Crippen LogP contribution >= 0.6 is 0 Å². The quantitative estimate of drug-likeness (QED) is 0.438. The van der Waals surface area contributed by atoms with Crippen molar-refractivity contribution in [2.45, 2.75) is 87.5 Å². The summed E-state index contributed by atoms with van der Waals surface area (Å²) in [5.41, 5.74) is 0.494. The predicted molar refractivity (Wildman–Crippen MR) is 84.9 cm³/mol. The molecule has 0 saturated carbocycles. The average Bonchev–Trinajstić information content (AvgIpc) is 2.35. The normalized spacial score (nSPS) is 19.3. The van der Waals surface area contributed by atoms with Gasteiger partial charge >= 0.3 is 0 Å². The first-order valence-corrected chi connectivity index (χ1v) is 8.33. The highest BCUT2D eigenvalue weighted by Gasteiger charge is 2.34. The lowest BCUT2D eigenvalue weighted by Gasteiger charge is -2.41. The summed E-state index contributed by atoms with van der Waals surface area (Å²) in [6, 6.07) is 0. The molecule has 0 aliphatic heterocycles. The molecule has 0 aliphatic carbocycles. The Morgan fingerprint density at radius 3 is 1.56 bits per heavy atom. The van der Waals surface area contributed by atoms with Gasteiger partial charge < -0.3 is 0 Å². The van der Waals surface area contributed by atoms with Crippen LogP contribution in [0.5, 0.6) is 0 Å². The standard InChI is InChI=1S/C18H38/c1-9-14(5)16(11-3)13-18(7,8)17(12-4)15(6)10-2/h14-17H,9-13H2,1-8H3. The van der Waals surface area contributed by atoms with Gasteiger partial charge in [0.1, 0.15) is 0 Å². The highest BCUT2D eigenvalue weighted by Crippen LogP contribution is 2.43. The fourth-order valence-corrected chi connectivity index (χ4v) is 3.92. The molecule has 0 aliphatic rings. The van der Waals surface area contributed by atoms with Gasteiger partial charge in [-0.1, -0.05) is 81.1 Å². The monoisotopic (exact) mass is 254 g/mol. The van der Waals surface area contributed by atoms with Crippen LogP contribution in [0.4, 0.5) is 0 Å². The van der Waals surface area contributed by atoms with Crippen molar-refractivity contribution in [1.82, 2.24) is 0 Å². The van der Waals surface area contributed by atoms with Crippen LogP contribution in [-0.2, 0) is 0 Å². The molecule has 0 heterocycles. The second kappa shape index (κ2) is 8.23. The summed E-state index contributed by atoms with van der Waals surface area (Å²) in [7, 11) is 0. The number of hydrogen-bond donors (Lipinski definition) is 0. The van der Waals surface area contributed by atoms with Crippen molar-refractivity contribution in [2.24, 2.45) is 29.1 Å². The fourth-order valence-electron chi connectivity index (χ4n) is 3.92. The molecule has 0 saturated heterocycles. The van der Waals surface area contributed by atoms with Crippen molar-refractivity contribution >= 4 is 0 Å². The molecule has 0 aromatic rings. The summed E-state index contributed by atoms with van der Waals surface area (Å²) in [4.78, 5) is 0. The first-order chi connectivity index (χ1) is 8.33. The van der Waals surface area contributed by atoms with E-state index in [9.17, 15) is 0 Å². The SMILES string of the molecule is CCC(C)C(CC)CC(C)(C)C(CC)C(C)CC. The van der Waals surface area contributed by atoms with E-state index in [1.165, 1.54) is 32.1 Å². The molecule has 4 unspecified atom stereocenters. The Labute approximate surface area is 117 Å². The van der Waals surface area contributed by atoms with E-state index in [-0.39, 0.29) is 0 Å². The minimum Gasteiger partial charge on any atom is -0.0651 e. The molecule has 0 nitrogen and oxygen atoms in total. The van der Waals surface area contributed by atoms with E-state index in [1.807, 2.05) is 0 Å². The summed E-state index contributed by atoms with van der Waals surface area (Å²) < 4.78 is 0. The van der Waals surface area contributed by atoms with Crippen molar-refractivity contribution in [1.29, 1.82) is 0 Å². The van der Waals surface area contributed by atoms with E-state index in [0.717, 1.165) is 23.7 Å². The van der Waals surface area contributed by atoms with E-state index < -0.39 is 0 Å². The topological polar surface area (TPSA) is 0 Å². The lowest BCUT2D eigenvalue weighted by Crippen LogP contribution is -2.32. The predicted octanol–water partition coefficient (Wildman–Crippen LogP) is 6.55. The molecule has 0 heteroatoms. The van der Waals surface area contributed by atoms with Crippen LogP contribution in [0.3, 0.4) is 0 Å². The van der Waals surface area contributed by atoms with E-state index in [0.29, 0.717) is 5.41 Å². The largest absolute Gasteiger partial charge is 0.0651 e. The van der Waals surface area contributed by atoms with Gasteiger partial charge in [-0.2, -0.15) is 0 Å². The summed E-state index contributed by atoms with van der Waals surface area (Å²) in [5, 5.41) is 0. The fraction of sp³-hybridized carbons (Fsp3) is 1.00. The highest BCUT2D eigenvalue weighted by molar-refractivity contribution is 4.84. The van der Waals surface area contributed by atoms with Gasteiger partial charge in [0.15, 0.2) is 0 Å². The number of rotatable bonds is 9. The molecule has 0 aromatic carbocycles. The molecule has 0 bridgehead atoms. The first kappa shape index (κ1) is 18.0. The summed E-state index contributed by atoms with van der Waals surface area (Å²) in [6.07, 6.45) is 6.73. The molecule has 18 heavy (non-hydrogen) atoms. The summed E-state index contributed by atoms with van der Waals surface area (Å²) in [5.74, 6) is 3.52. The summed E-state index contributed by atoms with van der Waals surface area (Å²) >= 11 is 0. The van der Waals surface area contributed by atoms with Gasteiger partial charge in [-0.3, -0.25) is 0 Å². The van der Waals surface area contributed by atoms with Crippen molar-refractivity contribution in [3.05, 3.63) is 0 Å². The van der Waals surface area contributed by atoms with Crippen molar-refractivity contribution in [3.8, 4) is 0 Å². The smallest absolute Gasteiger partial charge is 0.0321 e. The van der Waals surface area contributed by atoms with Gasteiger partial charge in [0.25, 0.3) is 0 Å². The van der Waals surface area contributed by atoms with Crippen LogP contribution in [0.15, 0.2) is 0 Å². The van der Waals surface area contributed by atoms with Crippen LogP contribution in [0.25, 0.3) is 0 Å². The summed E-state index contributed by atoms with van der Waals surface area (Å²) in [6.45, 7) is 19.3. The van der Waals surface area contributed by atoms with E-state index in [1.54, 1.807) is 0 Å². The second-order valence-electron chi connectivity index (χ2n) is 7.15. The third-order valence-corrected chi connectivity index (χ3v) is 5.54. The Morgan fingerprint density at radius 2 is 1.22 bits per heavy atom. The van der Waals surface area contributed by atoms with Gasteiger partial charge in [0.05, 0.1) is 0 Å². The van der Waals surface area contributed by atoms with Gasteiger partial charge in [-0.05, 0) is 35.5 Å². The Bertz CT molecular complexity index is 204. The van der Waals surface area contributed by atoms with Gasteiger partial charge in [-0.15, -0.1) is 0 Å². The van der Waals surface area contributed by atoms with Gasteiger partial charge in [-0.25, -0.2) is 0 Å². The Hall–Kier alpha value is 0.